The third kappa shape index (κ3) is 3.12. The van der Waals surface area contributed by atoms with Crippen molar-refractivity contribution in [3.05, 3.63) is 64.3 Å². The van der Waals surface area contributed by atoms with Crippen LogP contribution < -0.4 is 4.90 Å². The van der Waals surface area contributed by atoms with Crippen molar-refractivity contribution in [2.75, 3.05) is 31.1 Å². The molecule has 0 amide bonds. The number of carbonyl (C=O) groups excluding carboxylic acids is 1. The van der Waals surface area contributed by atoms with Gasteiger partial charge in [-0.05, 0) is 74.7 Å². The molecule has 2 aliphatic heterocycles. The van der Waals surface area contributed by atoms with Crippen LogP contribution in [0.4, 0.5) is 5.69 Å². The number of ketones is 1. The molecular weight excluding hydrogens is 408 g/mol. The quantitative estimate of drug-likeness (QED) is 0.613. The van der Waals surface area contributed by atoms with Gasteiger partial charge in [0.1, 0.15) is 0 Å². The highest BCUT2D eigenvalue weighted by Gasteiger charge is 2.40. The molecule has 1 aromatic heterocycles. The Balaban J connectivity index is 1.34. The maximum absolute atomic E-state index is 13.6. The van der Waals surface area contributed by atoms with E-state index in [-0.39, 0.29) is 11.2 Å². The van der Waals surface area contributed by atoms with Crippen LogP contribution in [0.3, 0.4) is 0 Å². The van der Waals surface area contributed by atoms with E-state index in [0.29, 0.717) is 5.56 Å². The minimum absolute atomic E-state index is 0.0783. The molecule has 0 atom stereocenters. The first-order valence-corrected chi connectivity index (χ1v) is 12.2. The molecule has 3 heterocycles. The van der Waals surface area contributed by atoms with Crippen molar-refractivity contribution in [1.29, 1.82) is 5.26 Å². The summed E-state index contributed by atoms with van der Waals surface area (Å²) in [4.78, 5) is 22.3. The highest BCUT2D eigenvalue weighted by atomic mass is 16.1. The minimum Gasteiger partial charge on any atom is -0.371 e. The Bertz CT molecular complexity index is 1300. The number of rotatable bonds is 2. The van der Waals surface area contributed by atoms with Crippen molar-refractivity contribution in [1.82, 2.24) is 9.88 Å². The second kappa shape index (κ2) is 7.46. The number of hydrogen-bond acceptors (Lipinski definition) is 4. The van der Waals surface area contributed by atoms with Gasteiger partial charge in [-0.1, -0.05) is 19.9 Å². The SMILES string of the molecule is CC1(C)c2cc(N3CCC(N4CCCC4)CC3)ccc2C(=O)c2c1[nH]c1cc(C#N)ccc21. The van der Waals surface area contributed by atoms with Crippen LogP contribution in [0.25, 0.3) is 10.9 Å². The molecule has 3 aromatic rings. The molecule has 0 radical (unpaired) electrons. The number of likely N-dealkylation sites (tertiary alicyclic amines) is 1. The summed E-state index contributed by atoms with van der Waals surface area (Å²) in [6, 6.07) is 14.9. The largest absolute Gasteiger partial charge is 0.371 e. The second-order valence-corrected chi connectivity index (χ2v) is 10.4. The number of aromatic nitrogens is 1. The third-order valence-electron chi connectivity index (χ3n) is 8.19. The van der Waals surface area contributed by atoms with Gasteiger partial charge in [0.2, 0.25) is 0 Å². The van der Waals surface area contributed by atoms with Crippen molar-refractivity contribution in [2.45, 2.75) is 51.0 Å². The topological polar surface area (TPSA) is 63.1 Å². The molecule has 0 spiro atoms. The fourth-order valence-electron chi connectivity index (χ4n) is 6.28. The van der Waals surface area contributed by atoms with E-state index in [4.69, 9.17) is 0 Å². The summed E-state index contributed by atoms with van der Waals surface area (Å²) in [6.45, 7) is 9.07. The van der Waals surface area contributed by atoms with Crippen molar-refractivity contribution in [3.63, 3.8) is 0 Å². The predicted molar refractivity (Wildman–Crippen MR) is 131 cm³/mol. The molecule has 5 nitrogen and oxygen atoms in total. The van der Waals surface area contributed by atoms with E-state index in [1.165, 1.54) is 44.5 Å². The fraction of sp³-hybridized carbons (Fsp3) is 0.429. The number of benzene rings is 2. The van der Waals surface area contributed by atoms with Gasteiger partial charge >= 0.3 is 0 Å². The molecule has 6 rings (SSSR count). The molecule has 2 saturated heterocycles. The molecule has 5 heteroatoms. The Morgan fingerprint density at radius 2 is 1.79 bits per heavy atom. The molecule has 2 fully saturated rings. The van der Waals surface area contributed by atoms with Gasteiger partial charge in [-0.15, -0.1) is 0 Å². The average molecular weight is 439 g/mol. The maximum atomic E-state index is 13.6. The zero-order chi connectivity index (χ0) is 22.7. The van der Waals surface area contributed by atoms with E-state index >= 15 is 0 Å². The van der Waals surface area contributed by atoms with Gasteiger partial charge in [-0.3, -0.25) is 4.79 Å². The van der Waals surface area contributed by atoms with Crippen LogP contribution in [0.5, 0.6) is 0 Å². The van der Waals surface area contributed by atoms with Gasteiger partial charge in [0, 0.05) is 52.4 Å². The van der Waals surface area contributed by atoms with Crippen LogP contribution in [-0.4, -0.2) is 47.9 Å². The Morgan fingerprint density at radius 3 is 2.52 bits per heavy atom. The van der Waals surface area contributed by atoms with Crippen molar-refractivity contribution >= 4 is 22.4 Å². The van der Waals surface area contributed by atoms with Crippen molar-refractivity contribution in [2.24, 2.45) is 0 Å². The number of anilines is 1. The molecule has 1 N–H and O–H groups in total. The molecular formula is C28H30N4O. The number of nitrogens with one attached hydrogen (secondary N) is 1. The number of aromatic amines is 1. The first-order chi connectivity index (χ1) is 16.0. The highest BCUT2D eigenvalue weighted by Crippen LogP contribution is 2.45. The van der Waals surface area contributed by atoms with Gasteiger partial charge in [0.05, 0.1) is 17.2 Å². The van der Waals surface area contributed by atoms with Crippen molar-refractivity contribution in [3.8, 4) is 6.07 Å². The van der Waals surface area contributed by atoms with E-state index in [1.54, 1.807) is 6.07 Å². The lowest BCUT2D eigenvalue weighted by Gasteiger charge is -2.39. The summed E-state index contributed by atoms with van der Waals surface area (Å²) in [5.74, 6) is 0.0783. The van der Waals surface area contributed by atoms with E-state index in [0.717, 1.165) is 52.4 Å². The third-order valence-corrected chi connectivity index (χ3v) is 8.19. The fourth-order valence-corrected chi connectivity index (χ4v) is 6.28. The van der Waals surface area contributed by atoms with Crippen LogP contribution >= 0.6 is 0 Å². The van der Waals surface area contributed by atoms with Gasteiger partial charge in [0.25, 0.3) is 0 Å². The van der Waals surface area contributed by atoms with Gasteiger partial charge in [-0.25, -0.2) is 0 Å². The Kier molecular flexibility index (Phi) is 4.64. The van der Waals surface area contributed by atoms with E-state index < -0.39 is 0 Å². The molecule has 0 bridgehead atoms. The lowest BCUT2D eigenvalue weighted by Crippen LogP contribution is -2.44. The summed E-state index contributed by atoms with van der Waals surface area (Å²) in [5.41, 5.74) is 5.96. The lowest BCUT2D eigenvalue weighted by atomic mass is 9.71. The predicted octanol–water partition coefficient (Wildman–Crippen LogP) is 4.97. The molecule has 2 aromatic carbocycles. The molecule has 168 valence electrons. The van der Waals surface area contributed by atoms with E-state index in [9.17, 15) is 10.1 Å². The van der Waals surface area contributed by atoms with Crippen LogP contribution in [0.15, 0.2) is 36.4 Å². The number of H-pyrrole nitrogens is 1. The van der Waals surface area contributed by atoms with Crippen LogP contribution in [0.1, 0.15) is 72.3 Å². The molecule has 0 saturated carbocycles. The van der Waals surface area contributed by atoms with Crippen LogP contribution in [0.2, 0.25) is 0 Å². The van der Waals surface area contributed by atoms with E-state index in [1.807, 2.05) is 18.2 Å². The minimum atomic E-state index is -0.325. The summed E-state index contributed by atoms with van der Waals surface area (Å²) >= 11 is 0. The Morgan fingerprint density at radius 1 is 1.03 bits per heavy atom. The number of fused-ring (bicyclic) bond motifs is 4. The summed E-state index contributed by atoms with van der Waals surface area (Å²) in [6.07, 6.45) is 5.13. The van der Waals surface area contributed by atoms with Crippen LogP contribution in [0, 0.1) is 11.3 Å². The lowest BCUT2D eigenvalue weighted by molar-refractivity contribution is 0.103. The number of piperidine rings is 1. The number of carbonyl (C=O) groups is 1. The zero-order valence-electron chi connectivity index (χ0n) is 19.4. The molecule has 33 heavy (non-hydrogen) atoms. The first kappa shape index (κ1) is 20.5. The Labute approximate surface area is 195 Å². The monoisotopic (exact) mass is 438 g/mol. The van der Waals surface area contributed by atoms with Gasteiger partial charge in [0.15, 0.2) is 5.78 Å². The maximum Gasteiger partial charge on any atom is 0.195 e. The normalized spacial score (nSPS) is 20.6. The smallest absolute Gasteiger partial charge is 0.195 e. The van der Waals surface area contributed by atoms with Crippen molar-refractivity contribution < 1.29 is 4.79 Å². The first-order valence-electron chi connectivity index (χ1n) is 12.2. The highest BCUT2D eigenvalue weighted by molar-refractivity contribution is 6.20. The summed E-state index contributed by atoms with van der Waals surface area (Å²) in [5, 5.41) is 10.2. The van der Waals surface area contributed by atoms with Crippen LogP contribution in [-0.2, 0) is 5.41 Å². The number of nitriles is 1. The standard InChI is InChI=1S/C28H30N4O/c1-28(2)23-16-20(32-13-9-19(10-14-32)31-11-3-4-12-31)6-8-21(23)26(33)25-22-7-5-18(17-29)15-24(22)30-27(25)28/h5-8,15-16,19,30H,3-4,9-14H2,1-2H3. The average Bonchev–Trinajstić information content (AvgIpc) is 3.51. The summed E-state index contributed by atoms with van der Waals surface area (Å²) < 4.78 is 0. The molecule has 3 aliphatic rings. The number of nitrogens with zero attached hydrogens (tertiary/aromatic N) is 3. The van der Waals surface area contributed by atoms with E-state index in [2.05, 4.69) is 46.8 Å². The molecule has 1 aliphatic carbocycles. The number of hydrogen-bond donors (Lipinski definition) is 1. The summed E-state index contributed by atoms with van der Waals surface area (Å²) in [7, 11) is 0. The molecule has 0 unspecified atom stereocenters. The van der Waals surface area contributed by atoms with Gasteiger partial charge < -0.3 is 14.8 Å². The second-order valence-electron chi connectivity index (χ2n) is 10.4. The Hall–Kier alpha value is -3.10. The zero-order valence-corrected chi connectivity index (χ0v) is 19.4. The van der Waals surface area contributed by atoms with Gasteiger partial charge in [-0.2, -0.15) is 5.26 Å².